The van der Waals surface area contributed by atoms with Gasteiger partial charge in [0.2, 0.25) is 5.91 Å². The lowest BCUT2D eigenvalue weighted by molar-refractivity contribution is -0.138. The highest BCUT2D eigenvalue weighted by atomic mass is 16.4. The van der Waals surface area contributed by atoms with Crippen LogP contribution in [0.15, 0.2) is 0 Å². The summed E-state index contributed by atoms with van der Waals surface area (Å²) in [5.41, 5.74) is 0. The standard InChI is InChI=1S/C12H22N4O4/c1-15-5-6-16(2)9(8-15)7-13-12(20)14-10(17)3-4-11(18)19/h9H,3-8H2,1-2H3,(H,18,19)(H2,13,14,17,20). The molecule has 1 fully saturated rings. The molecule has 0 aromatic carbocycles. The molecule has 3 N–H and O–H groups in total. The Labute approximate surface area is 118 Å². The molecule has 8 nitrogen and oxygen atoms in total. The Morgan fingerprint density at radius 3 is 2.55 bits per heavy atom. The van der Waals surface area contributed by atoms with E-state index >= 15 is 0 Å². The summed E-state index contributed by atoms with van der Waals surface area (Å²) in [5, 5.41) is 13.2. The van der Waals surface area contributed by atoms with E-state index in [1.807, 2.05) is 14.1 Å². The van der Waals surface area contributed by atoms with E-state index in [1.54, 1.807) is 0 Å². The van der Waals surface area contributed by atoms with Crippen molar-refractivity contribution in [2.45, 2.75) is 18.9 Å². The van der Waals surface area contributed by atoms with Gasteiger partial charge in [0.05, 0.1) is 6.42 Å². The van der Waals surface area contributed by atoms with E-state index in [4.69, 9.17) is 5.11 Å². The molecule has 1 aliphatic heterocycles. The van der Waals surface area contributed by atoms with Gasteiger partial charge in [0.15, 0.2) is 0 Å². The first-order valence-corrected chi connectivity index (χ1v) is 6.56. The molecular formula is C12H22N4O4. The van der Waals surface area contributed by atoms with E-state index in [0.717, 1.165) is 19.6 Å². The predicted molar refractivity (Wildman–Crippen MR) is 72.3 cm³/mol. The molecule has 1 heterocycles. The van der Waals surface area contributed by atoms with Crippen LogP contribution in [0.3, 0.4) is 0 Å². The van der Waals surface area contributed by atoms with Crippen molar-refractivity contribution in [3.8, 4) is 0 Å². The summed E-state index contributed by atoms with van der Waals surface area (Å²) < 4.78 is 0. The van der Waals surface area contributed by atoms with Gasteiger partial charge in [0.1, 0.15) is 0 Å². The topological polar surface area (TPSA) is 102 Å². The third-order valence-corrected chi connectivity index (χ3v) is 3.30. The lowest BCUT2D eigenvalue weighted by Gasteiger charge is -2.37. The second-order valence-electron chi connectivity index (χ2n) is 5.05. The molecule has 1 saturated heterocycles. The molecule has 1 unspecified atom stereocenters. The first kappa shape index (κ1) is 16.4. The van der Waals surface area contributed by atoms with Gasteiger partial charge in [0.25, 0.3) is 0 Å². The number of aliphatic carboxylic acids is 1. The number of amides is 3. The molecule has 0 saturated carbocycles. The lowest BCUT2D eigenvalue weighted by Crippen LogP contribution is -2.55. The van der Waals surface area contributed by atoms with Gasteiger partial charge < -0.3 is 15.3 Å². The van der Waals surface area contributed by atoms with E-state index in [9.17, 15) is 14.4 Å². The van der Waals surface area contributed by atoms with Crippen LogP contribution in [-0.4, -0.2) is 79.1 Å². The molecule has 0 aromatic rings. The quantitative estimate of drug-likeness (QED) is 0.594. The molecule has 3 amide bonds. The van der Waals surface area contributed by atoms with E-state index in [1.165, 1.54) is 0 Å². The third kappa shape index (κ3) is 5.98. The van der Waals surface area contributed by atoms with Gasteiger partial charge in [-0.05, 0) is 14.1 Å². The smallest absolute Gasteiger partial charge is 0.321 e. The molecule has 1 aliphatic rings. The second-order valence-corrected chi connectivity index (χ2v) is 5.05. The molecule has 0 bridgehead atoms. The van der Waals surface area contributed by atoms with Gasteiger partial charge in [-0.2, -0.15) is 0 Å². The first-order chi connectivity index (χ1) is 9.38. The van der Waals surface area contributed by atoms with Crippen molar-refractivity contribution in [3.63, 3.8) is 0 Å². The summed E-state index contributed by atoms with van der Waals surface area (Å²) in [6.07, 6.45) is -0.482. The molecule has 0 spiro atoms. The SMILES string of the molecule is CN1CCN(C)C(CNC(=O)NC(=O)CCC(=O)O)C1. The monoisotopic (exact) mass is 286 g/mol. The van der Waals surface area contributed by atoms with Crippen LogP contribution in [0.4, 0.5) is 4.79 Å². The van der Waals surface area contributed by atoms with Gasteiger partial charge in [-0.25, -0.2) is 4.79 Å². The van der Waals surface area contributed by atoms with Crippen LogP contribution in [0.25, 0.3) is 0 Å². The number of hydrogen-bond donors (Lipinski definition) is 3. The average molecular weight is 286 g/mol. The van der Waals surface area contributed by atoms with Crippen molar-refractivity contribution < 1.29 is 19.5 Å². The first-order valence-electron chi connectivity index (χ1n) is 6.56. The fourth-order valence-electron chi connectivity index (χ4n) is 1.99. The zero-order chi connectivity index (χ0) is 15.1. The highest BCUT2D eigenvalue weighted by Crippen LogP contribution is 2.04. The van der Waals surface area contributed by atoms with Crippen molar-refractivity contribution in [1.82, 2.24) is 20.4 Å². The normalized spacial score (nSPS) is 20.4. The molecule has 0 aromatic heterocycles. The molecule has 8 heteroatoms. The molecule has 1 rings (SSSR count). The molecule has 114 valence electrons. The van der Waals surface area contributed by atoms with E-state index in [0.29, 0.717) is 6.54 Å². The summed E-state index contributed by atoms with van der Waals surface area (Å²) in [6.45, 7) is 3.22. The number of urea groups is 1. The highest BCUT2D eigenvalue weighted by Gasteiger charge is 2.22. The maximum atomic E-state index is 11.5. The number of carbonyl (C=O) groups is 3. The van der Waals surface area contributed by atoms with Crippen molar-refractivity contribution in [2.24, 2.45) is 0 Å². The number of likely N-dealkylation sites (N-methyl/N-ethyl adjacent to an activating group) is 2. The van der Waals surface area contributed by atoms with Gasteiger partial charge >= 0.3 is 12.0 Å². The maximum absolute atomic E-state index is 11.5. The van der Waals surface area contributed by atoms with Gasteiger partial charge in [-0.3, -0.25) is 19.8 Å². The van der Waals surface area contributed by atoms with Gasteiger partial charge in [-0.1, -0.05) is 0 Å². The fraction of sp³-hybridized carbons (Fsp3) is 0.750. The molecular weight excluding hydrogens is 264 g/mol. The number of piperazine rings is 1. The highest BCUT2D eigenvalue weighted by molar-refractivity contribution is 5.95. The largest absolute Gasteiger partial charge is 0.481 e. The Kier molecular flexibility index (Phi) is 6.40. The number of nitrogens with zero attached hydrogens (tertiary/aromatic N) is 2. The predicted octanol–water partition coefficient (Wildman–Crippen LogP) is -1.08. The minimum atomic E-state index is -1.06. The maximum Gasteiger partial charge on any atom is 0.321 e. The number of rotatable bonds is 5. The number of imide groups is 1. The van der Waals surface area contributed by atoms with Crippen LogP contribution >= 0.6 is 0 Å². The Bertz CT molecular complexity index is 374. The minimum absolute atomic E-state index is 0.200. The molecule has 0 radical (unpaired) electrons. The van der Waals surface area contributed by atoms with Gasteiger partial charge in [-0.15, -0.1) is 0 Å². The average Bonchev–Trinajstić information content (AvgIpc) is 2.37. The number of carbonyl (C=O) groups excluding carboxylic acids is 2. The second kappa shape index (κ2) is 7.81. The van der Waals surface area contributed by atoms with E-state index in [2.05, 4.69) is 20.4 Å². The van der Waals surface area contributed by atoms with Crippen molar-refractivity contribution in [3.05, 3.63) is 0 Å². The van der Waals surface area contributed by atoms with Crippen molar-refractivity contribution in [1.29, 1.82) is 0 Å². The van der Waals surface area contributed by atoms with Crippen LogP contribution < -0.4 is 10.6 Å². The Balaban J connectivity index is 2.25. The number of nitrogens with one attached hydrogen (secondary N) is 2. The van der Waals surface area contributed by atoms with Crippen LogP contribution in [0.5, 0.6) is 0 Å². The third-order valence-electron chi connectivity index (χ3n) is 3.30. The van der Waals surface area contributed by atoms with Crippen LogP contribution in [0, 0.1) is 0 Å². The van der Waals surface area contributed by atoms with Crippen LogP contribution in [0.1, 0.15) is 12.8 Å². The summed E-state index contributed by atoms with van der Waals surface area (Å²) in [5.74, 6) is -1.65. The number of carboxylic acid groups (broad SMARTS) is 1. The van der Waals surface area contributed by atoms with Crippen molar-refractivity contribution >= 4 is 17.9 Å². The zero-order valence-corrected chi connectivity index (χ0v) is 11.9. The Morgan fingerprint density at radius 1 is 1.20 bits per heavy atom. The number of carboxylic acids is 1. The summed E-state index contributed by atoms with van der Waals surface area (Å²) in [4.78, 5) is 37.4. The van der Waals surface area contributed by atoms with Crippen LogP contribution in [-0.2, 0) is 9.59 Å². The zero-order valence-electron chi connectivity index (χ0n) is 11.9. The molecule has 1 atom stereocenters. The summed E-state index contributed by atoms with van der Waals surface area (Å²) in [7, 11) is 4.02. The lowest BCUT2D eigenvalue weighted by atomic mass is 10.2. The van der Waals surface area contributed by atoms with E-state index in [-0.39, 0.29) is 18.9 Å². The Morgan fingerprint density at radius 2 is 1.90 bits per heavy atom. The minimum Gasteiger partial charge on any atom is -0.481 e. The summed E-state index contributed by atoms with van der Waals surface area (Å²) >= 11 is 0. The summed E-state index contributed by atoms with van der Waals surface area (Å²) in [6, 6.07) is -0.379. The van der Waals surface area contributed by atoms with Crippen LogP contribution in [0.2, 0.25) is 0 Å². The number of hydrogen-bond acceptors (Lipinski definition) is 5. The van der Waals surface area contributed by atoms with Crippen molar-refractivity contribution in [2.75, 3.05) is 40.3 Å². The van der Waals surface area contributed by atoms with E-state index < -0.39 is 17.9 Å². The van der Waals surface area contributed by atoms with Gasteiger partial charge in [0, 0.05) is 38.6 Å². The molecule has 0 aliphatic carbocycles. The fourth-order valence-corrected chi connectivity index (χ4v) is 1.99. The Hall–Kier alpha value is -1.67. The molecule has 20 heavy (non-hydrogen) atoms.